The fraction of sp³-hybridized carbons (Fsp3) is 0.300. The summed E-state index contributed by atoms with van der Waals surface area (Å²) in [6.45, 7) is 5.32. The van der Waals surface area contributed by atoms with Crippen molar-refractivity contribution in [3.63, 3.8) is 0 Å². The van der Waals surface area contributed by atoms with Crippen molar-refractivity contribution in [2.75, 3.05) is 6.54 Å². The third-order valence-electron chi connectivity index (χ3n) is 5.14. The first-order valence-electron chi connectivity index (χ1n) is 8.72. The van der Waals surface area contributed by atoms with Crippen LogP contribution in [0.1, 0.15) is 27.9 Å². The molecule has 1 aliphatic heterocycles. The molecular formula is C20H21N3O2S. The van der Waals surface area contributed by atoms with Crippen LogP contribution in [0.3, 0.4) is 0 Å². The highest BCUT2D eigenvalue weighted by molar-refractivity contribution is 7.09. The molecule has 3 aromatic rings. The smallest absolute Gasteiger partial charge is 0.308 e. The van der Waals surface area contributed by atoms with Crippen molar-refractivity contribution in [2.45, 2.75) is 33.0 Å². The zero-order valence-corrected chi connectivity index (χ0v) is 15.7. The molecule has 4 rings (SSSR count). The molecule has 0 saturated heterocycles. The average Bonchev–Trinajstić information content (AvgIpc) is 3.21. The topological polar surface area (TPSA) is 47.2 Å². The van der Waals surface area contributed by atoms with Gasteiger partial charge in [-0.25, -0.2) is 0 Å². The molecule has 3 heterocycles. The standard InChI is InChI=1S/C20H21N3O2S/c1-14-15(2)26-20(25)23(14)13-18(24)22-12-11-21-10-6-9-17(21)19(22)16-7-4-3-5-8-16/h3-10,19H,11-13H2,1-2H3. The van der Waals surface area contributed by atoms with Gasteiger partial charge in [-0.1, -0.05) is 41.7 Å². The van der Waals surface area contributed by atoms with Crippen LogP contribution in [0.25, 0.3) is 0 Å². The van der Waals surface area contributed by atoms with Gasteiger partial charge in [0, 0.05) is 35.6 Å². The number of carbonyl (C=O) groups is 1. The highest BCUT2D eigenvalue weighted by atomic mass is 32.1. The highest BCUT2D eigenvalue weighted by Crippen LogP contribution is 2.32. The molecule has 6 heteroatoms. The first kappa shape index (κ1) is 16.8. The Bertz CT molecular complexity index is 1000. The average molecular weight is 367 g/mol. The fourth-order valence-electron chi connectivity index (χ4n) is 3.63. The second-order valence-corrected chi connectivity index (χ2v) is 7.79. The van der Waals surface area contributed by atoms with Gasteiger partial charge in [0.2, 0.25) is 5.91 Å². The van der Waals surface area contributed by atoms with Crippen molar-refractivity contribution in [3.8, 4) is 0 Å². The van der Waals surface area contributed by atoms with E-state index in [-0.39, 0.29) is 23.4 Å². The first-order chi connectivity index (χ1) is 12.6. The van der Waals surface area contributed by atoms with Crippen LogP contribution in [-0.4, -0.2) is 26.5 Å². The van der Waals surface area contributed by atoms with Crippen LogP contribution in [0, 0.1) is 13.8 Å². The van der Waals surface area contributed by atoms with Crippen LogP contribution in [0.4, 0.5) is 0 Å². The number of rotatable bonds is 3. The van der Waals surface area contributed by atoms with Gasteiger partial charge < -0.3 is 9.47 Å². The molecule has 1 aromatic carbocycles. The lowest BCUT2D eigenvalue weighted by atomic mass is 10.00. The minimum Gasteiger partial charge on any atom is -0.348 e. The molecule has 1 aliphatic rings. The van der Waals surface area contributed by atoms with Gasteiger partial charge in [-0.05, 0) is 31.5 Å². The maximum Gasteiger partial charge on any atom is 0.308 e. The van der Waals surface area contributed by atoms with E-state index in [0.717, 1.165) is 28.4 Å². The van der Waals surface area contributed by atoms with Gasteiger partial charge >= 0.3 is 4.87 Å². The van der Waals surface area contributed by atoms with Gasteiger partial charge in [0.25, 0.3) is 0 Å². The summed E-state index contributed by atoms with van der Waals surface area (Å²) >= 11 is 1.20. The van der Waals surface area contributed by atoms with Gasteiger partial charge in [0.15, 0.2) is 0 Å². The lowest BCUT2D eigenvalue weighted by molar-refractivity contribution is -0.134. The molecule has 0 saturated carbocycles. The Balaban J connectivity index is 1.70. The van der Waals surface area contributed by atoms with E-state index < -0.39 is 0 Å². The highest BCUT2D eigenvalue weighted by Gasteiger charge is 2.32. The molecule has 0 N–H and O–H groups in total. The van der Waals surface area contributed by atoms with Crippen molar-refractivity contribution in [2.24, 2.45) is 0 Å². The summed E-state index contributed by atoms with van der Waals surface area (Å²) in [6.07, 6.45) is 2.06. The summed E-state index contributed by atoms with van der Waals surface area (Å²) in [5.41, 5.74) is 3.08. The third kappa shape index (κ3) is 2.80. The summed E-state index contributed by atoms with van der Waals surface area (Å²) in [5.74, 6) is -0.0192. The van der Waals surface area contributed by atoms with E-state index in [2.05, 4.69) is 29.0 Å². The van der Waals surface area contributed by atoms with E-state index in [0.29, 0.717) is 6.54 Å². The monoisotopic (exact) mass is 367 g/mol. The molecule has 26 heavy (non-hydrogen) atoms. The maximum absolute atomic E-state index is 13.2. The Morgan fingerprint density at radius 1 is 1.12 bits per heavy atom. The zero-order chi connectivity index (χ0) is 18.3. The number of hydrogen-bond acceptors (Lipinski definition) is 3. The third-order valence-corrected chi connectivity index (χ3v) is 6.14. The Morgan fingerprint density at radius 3 is 2.58 bits per heavy atom. The van der Waals surface area contributed by atoms with Crippen LogP contribution in [-0.2, 0) is 17.9 Å². The summed E-state index contributed by atoms with van der Waals surface area (Å²) < 4.78 is 3.80. The minimum absolute atomic E-state index is 0.0192. The van der Waals surface area contributed by atoms with E-state index in [4.69, 9.17) is 0 Å². The second kappa shape index (κ2) is 6.61. The van der Waals surface area contributed by atoms with Crippen molar-refractivity contribution >= 4 is 17.2 Å². The number of carbonyl (C=O) groups excluding carboxylic acids is 1. The van der Waals surface area contributed by atoms with Crippen LogP contribution in [0.5, 0.6) is 0 Å². The number of aromatic nitrogens is 2. The Labute approximate surface area is 156 Å². The molecule has 0 bridgehead atoms. The summed E-state index contributed by atoms with van der Waals surface area (Å²) in [7, 11) is 0. The van der Waals surface area contributed by atoms with E-state index in [1.165, 1.54) is 11.3 Å². The predicted molar refractivity (Wildman–Crippen MR) is 102 cm³/mol. The number of nitrogens with zero attached hydrogens (tertiary/aromatic N) is 3. The van der Waals surface area contributed by atoms with Crippen LogP contribution in [0.2, 0.25) is 0 Å². The molecule has 1 unspecified atom stereocenters. The molecule has 1 amide bonds. The van der Waals surface area contributed by atoms with Gasteiger partial charge in [0.05, 0.1) is 6.04 Å². The SMILES string of the molecule is Cc1sc(=O)n(CC(=O)N2CCn3cccc3C2c2ccccc2)c1C. The zero-order valence-electron chi connectivity index (χ0n) is 14.9. The lowest BCUT2D eigenvalue weighted by Gasteiger charge is -2.37. The van der Waals surface area contributed by atoms with Gasteiger partial charge in [0.1, 0.15) is 6.54 Å². The van der Waals surface area contributed by atoms with E-state index in [1.54, 1.807) is 4.57 Å². The number of hydrogen-bond donors (Lipinski definition) is 0. The largest absolute Gasteiger partial charge is 0.348 e. The molecule has 5 nitrogen and oxygen atoms in total. The lowest BCUT2D eigenvalue weighted by Crippen LogP contribution is -2.44. The van der Waals surface area contributed by atoms with Crippen LogP contribution < -0.4 is 4.87 Å². The molecular weight excluding hydrogens is 346 g/mol. The van der Waals surface area contributed by atoms with E-state index >= 15 is 0 Å². The first-order valence-corrected chi connectivity index (χ1v) is 9.54. The normalized spacial score (nSPS) is 16.5. The molecule has 2 aromatic heterocycles. The minimum atomic E-state index is -0.122. The van der Waals surface area contributed by atoms with E-state index in [1.807, 2.05) is 43.0 Å². The summed E-state index contributed by atoms with van der Waals surface area (Å²) in [6, 6.07) is 14.1. The molecule has 0 radical (unpaired) electrons. The van der Waals surface area contributed by atoms with E-state index in [9.17, 15) is 9.59 Å². The van der Waals surface area contributed by atoms with Crippen LogP contribution >= 0.6 is 11.3 Å². The van der Waals surface area contributed by atoms with Gasteiger partial charge in [-0.2, -0.15) is 0 Å². The van der Waals surface area contributed by atoms with Crippen molar-refractivity contribution in [3.05, 3.63) is 80.2 Å². The molecule has 1 atom stereocenters. The Hall–Kier alpha value is -2.60. The molecule has 0 aliphatic carbocycles. The quantitative estimate of drug-likeness (QED) is 0.715. The fourth-order valence-corrected chi connectivity index (χ4v) is 4.47. The summed E-state index contributed by atoms with van der Waals surface area (Å²) in [4.78, 5) is 28.2. The van der Waals surface area contributed by atoms with Crippen molar-refractivity contribution < 1.29 is 4.79 Å². The van der Waals surface area contributed by atoms with Crippen LogP contribution in [0.15, 0.2) is 53.5 Å². The number of benzene rings is 1. The molecule has 134 valence electrons. The number of amides is 1. The Kier molecular flexibility index (Phi) is 4.28. The van der Waals surface area contributed by atoms with Crippen molar-refractivity contribution in [1.82, 2.24) is 14.0 Å². The van der Waals surface area contributed by atoms with Crippen molar-refractivity contribution in [1.29, 1.82) is 0 Å². The predicted octanol–water partition coefficient (Wildman–Crippen LogP) is 2.96. The van der Waals surface area contributed by atoms with Gasteiger partial charge in [-0.3, -0.25) is 14.2 Å². The summed E-state index contributed by atoms with van der Waals surface area (Å²) in [5, 5.41) is 0. The molecule has 0 fully saturated rings. The number of fused-ring (bicyclic) bond motifs is 1. The number of thiazole rings is 1. The Morgan fingerprint density at radius 2 is 1.88 bits per heavy atom. The second-order valence-electron chi connectivity index (χ2n) is 6.62. The molecule has 0 spiro atoms. The number of aryl methyl sites for hydroxylation is 1. The van der Waals surface area contributed by atoms with Gasteiger partial charge in [-0.15, -0.1) is 0 Å². The maximum atomic E-state index is 13.2.